The Kier molecular flexibility index (Phi) is 3.30. The topological polar surface area (TPSA) is 43.4 Å². The number of fused-ring (bicyclic) bond motifs is 1. The Balaban J connectivity index is 1.66. The highest BCUT2D eigenvalue weighted by atomic mass is 32.1. The highest BCUT2D eigenvalue weighted by Gasteiger charge is 2.18. The number of hydrogen-bond donors (Lipinski definition) is 1. The number of rotatable bonds is 3. The highest BCUT2D eigenvalue weighted by Crippen LogP contribution is 2.34. The minimum absolute atomic E-state index is 0.113. The van der Waals surface area contributed by atoms with E-state index in [1.165, 1.54) is 9.88 Å². The van der Waals surface area contributed by atoms with E-state index in [0.29, 0.717) is 6.79 Å². The van der Waals surface area contributed by atoms with Crippen molar-refractivity contribution in [2.24, 2.45) is 0 Å². The summed E-state index contributed by atoms with van der Waals surface area (Å²) in [6, 6.07) is 5.89. The molecule has 1 aromatic carbocycles. The van der Waals surface area contributed by atoms with Gasteiger partial charge in [-0.15, -0.1) is 11.3 Å². The van der Waals surface area contributed by atoms with E-state index in [2.05, 4.69) is 31.1 Å². The first-order valence-electron chi connectivity index (χ1n) is 6.61. The largest absolute Gasteiger partial charge is 0.454 e. The van der Waals surface area contributed by atoms with Gasteiger partial charge in [-0.05, 0) is 12.1 Å². The van der Waals surface area contributed by atoms with Crippen LogP contribution in [0.4, 0.5) is 5.69 Å². The summed E-state index contributed by atoms with van der Waals surface area (Å²) in [6.45, 7) is 7.62. The molecule has 20 heavy (non-hydrogen) atoms. The van der Waals surface area contributed by atoms with Crippen LogP contribution in [-0.4, -0.2) is 11.8 Å². The maximum absolute atomic E-state index is 5.37. The van der Waals surface area contributed by atoms with Gasteiger partial charge in [0.1, 0.15) is 0 Å². The molecule has 3 rings (SSSR count). The molecule has 106 valence electrons. The first-order chi connectivity index (χ1) is 9.52. The summed E-state index contributed by atoms with van der Waals surface area (Å²) in [5.74, 6) is 1.61. The molecule has 2 aromatic rings. The summed E-state index contributed by atoms with van der Waals surface area (Å²) < 4.78 is 10.7. The second kappa shape index (κ2) is 4.98. The molecule has 0 saturated heterocycles. The van der Waals surface area contributed by atoms with Gasteiger partial charge in [-0.2, -0.15) is 0 Å². The van der Waals surface area contributed by atoms with Crippen molar-refractivity contribution in [1.29, 1.82) is 0 Å². The molecule has 0 radical (unpaired) electrons. The zero-order valence-electron chi connectivity index (χ0n) is 11.9. The smallest absolute Gasteiger partial charge is 0.231 e. The summed E-state index contributed by atoms with van der Waals surface area (Å²) in [5, 5.41) is 4.56. The van der Waals surface area contributed by atoms with Gasteiger partial charge in [0.2, 0.25) is 6.79 Å². The van der Waals surface area contributed by atoms with Gasteiger partial charge < -0.3 is 14.8 Å². The molecule has 4 nitrogen and oxygen atoms in total. The third-order valence-electron chi connectivity index (χ3n) is 3.03. The molecule has 1 aliphatic heterocycles. The van der Waals surface area contributed by atoms with Gasteiger partial charge in [-0.1, -0.05) is 20.8 Å². The quantitative estimate of drug-likeness (QED) is 0.934. The second-order valence-electron chi connectivity index (χ2n) is 5.80. The summed E-state index contributed by atoms with van der Waals surface area (Å²) >= 11 is 1.75. The molecule has 0 fully saturated rings. The van der Waals surface area contributed by atoms with Gasteiger partial charge in [-0.3, -0.25) is 0 Å². The second-order valence-corrected chi connectivity index (χ2v) is 6.92. The molecule has 1 aliphatic rings. The Morgan fingerprint density at radius 3 is 2.80 bits per heavy atom. The van der Waals surface area contributed by atoms with Crippen LogP contribution in [0.5, 0.6) is 11.5 Å². The van der Waals surface area contributed by atoms with Crippen LogP contribution in [0.3, 0.4) is 0 Å². The molecule has 0 spiro atoms. The highest BCUT2D eigenvalue weighted by molar-refractivity contribution is 7.11. The first kappa shape index (κ1) is 13.2. The van der Waals surface area contributed by atoms with Crippen LogP contribution in [0.2, 0.25) is 0 Å². The summed E-state index contributed by atoms with van der Waals surface area (Å²) in [4.78, 5) is 5.72. The molecule has 0 atom stereocenters. The molecule has 2 heterocycles. The average Bonchev–Trinajstić information content (AvgIpc) is 3.04. The molecule has 1 N–H and O–H groups in total. The fraction of sp³-hybridized carbons (Fsp3) is 0.400. The molecule has 1 aromatic heterocycles. The van der Waals surface area contributed by atoms with Gasteiger partial charge in [0, 0.05) is 28.2 Å². The van der Waals surface area contributed by atoms with Crippen molar-refractivity contribution in [3.63, 3.8) is 0 Å². The molecule has 0 aliphatic carbocycles. The van der Waals surface area contributed by atoms with Crippen molar-refractivity contribution in [1.82, 2.24) is 4.98 Å². The van der Waals surface area contributed by atoms with E-state index in [1.807, 2.05) is 24.4 Å². The molecule has 0 unspecified atom stereocenters. The van der Waals surface area contributed by atoms with E-state index in [1.54, 1.807) is 11.3 Å². The minimum Gasteiger partial charge on any atom is -0.454 e. The van der Waals surface area contributed by atoms with Crippen molar-refractivity contribution >= 4 is 17.0 Å². The van der Waals surface area contributed by atoms with Gasteiger partial charge >= 0.3 is 0 Å². The lowest BCUT2D eigenvalue weighted by Crippen LogP contribution is -2.09. The lowest BCUT2D eigenvalue weighted by molar-refractivity contribution is 0.174. The zero-order chi connectivity index (χ0) is 14.2. The minimum atomic E-state index is 0.113. The van der Waals surface area contributed by atoms with E-state index in [0.717, 1.165) is 23.7 Å². The predicted octanol–water partition coefficient (Wildman–Crippen LogP) is 3.78. The zero-order valence-corrected chi connectivity index (χ0v) is 12.7. The van der Waals surface area contributed by atoms with E-state index < -0.39 is 0 Å². The molecule has 0 amide bonds. The van der Waals surface area contributed by atoms with Crippen LogP contribution in [0.1, 0.15) is 30.7 Å². The van der Waals surface area contributed by atoms with Crippen molar-refractivity contribution in [2.75, 3.05) is 12.1 Å². The number of nitrogens with zero attached hydrogens (tertiary/aromatic N) is 1. The van der Waals surface area contributed by atoms with E-state index >= 15 is 0 Å². The van der Waals surface area contributed by atoms with Gasteiger partial charge in [-0.25, -0.2) is 4.98 Å². The van der Waals surface area contributed by atoms with E-state index in [-0.39, 0.29) is 5.41 Å². The molecular weight excluding hydrogens is 272 g/mol. The number of ether oxygens (including phenoxy) is 2. The lowest BCUT2D eigenvalue weighted by Gasteiger charge is -2.13. The van der Waals surface area contributed by atoms with Crippen molar-refractivity contribution in [2.45, 2.75) is 32.7 Å². The molecule has 5 heteroatoms. The maximum atomic E-state index is 5.37. The lowest BCUT2D eigenvalue weighted by atomic mass is 9.98. The fourth-order valence-corrected chi connectivity index (χ4v) is 2.84. The van der Waals surface area contributed by atoms with Crippen LogP contribution in [-0.2, 0) is 12.0 Å². The van der Waals surface area contributed by atoms with Gasteiger partial charge in [0.05, 0.1) is 11.6 Å². The Morgan fingerprint density at radius 1 is 1.25 bits per heavy atom. The number of anilines is 1. The fourth-order valence-electron chi connectivity index (χ4n) is 1.93. The van der Waals surface area contributed by atoms with Gasteiger partial charge in [0.15, 0.2) is 11.5 Å². The summed E-state index contributed by atoms with van der Waals surface area (Å²) in [7, 11) is 0. The Hall–Kier alpha value is -1.75. The maximum Gasteiger partial charge on any atom is 0.231 e. The number of nitrogens with one attached hydrogen (secondary N) is 1. The van der Waals surface area contributed by atoms with Crippen LogP contribution in [0, 0.1) is 0 Å². The predicted molar refractivity (Wildman–Crippen MR) is 80.7 cm³/mol. The third kappa shape index (κ3) is 2.72. The summed E-state index contributed by atoms with van der Waals surface area (Å²) in [6.07, 6.45) is 1.95. The molecular formula is C15H18N2O2S. The van der Waals surface area contributed by atoms with Crippen LogP contribution in [0.25, 0.3) is 0 Å². The molecule has 0 saturated carbocycles. The Bertz CT molecular complexity index is 617. The Labute approximate surface area is 122 Å². The number of thiazole rings is 1. The van der Waals surface area contributed by atoms with Crippen LogP contribution >= 0.6 is 11.3 Å². The standard InChI is InChI=1S/C15H18N2O2S/c1-15(2,3)14-17-8-11(20-14)7-16-10-4-5-12-13(6-10)19-9-18-12/h4-6,8,16H,7,9H2,1-3H3. The number of hydrogen-bond acceptors (Lipinski definition) is 5. The van der Waals surface area contributed by atoms with Crippen LogP contribution in [0.15, 0.2) is 24.4 Å². The third-order valence-corrected chi connectivity index (χ3v) is 4.46. The van der Waals surface area contributed by atoms with Crippen molar-refractivity contribution in [3.8, 4) is 11.5 Å². The average molecular weight is 290 g/mol. The van der Waals surface area contributed by atoms with Crippen LogP contribution < -0.4 is 14.8 Å². The molecule has 0 bridgehead atoms. The number of benzene rings is 1. The summed E-state index contributed by atoms with van der Waals surface area (Å²) in [5.41, 5.74) is 1.14. The van der Waals surface area contributed by atoms with E-state index in [9.17, 15) is 0 Å². The normalized spacial score (nSPS) is 13.6. The van der Waals surface area contributed by atoms with Crippen molar-refractivity contribution < 1.29 is 9.47 Å². The Morgan fingerprint density at radius 2 is 2.05 bits per heavy atom. The monoisotopic (exact) mass is 290 g/mol. The van der Waals surface area contributed by atoms with E-state index in [4.69, 9.17) is 9.47 Å². The number of aromatic nitrogens is 1. The van der Waals surface area contributed by atoms with Crippen molar-refractivity contribution in [3.05, 3.63) is 34.3 Å². The van der Waals surface area contributed by atoms with Gasteiger partial charge in [0.25, 0.3) is 0 Å². The first-order valence-corrected chi connectivity index (χ1v) is 7.43. The SMILES string of the molecule is CC(C)(C)c1ncc(CNc2ccc3c(c2)OCO3)s1.